The lowest BCUT2D eigenvalue weighted by atomic mass is 10.1. The van der Waals surface area contributed by atoms with Gasteiger partial charge < -0.3 is 0 Å². The molecule has 0 aliphatic carbocycles. The average Bonchev–Trinajstić information content (AvgIpc) is 2.52. The Morgan fingerprint density at radius 3 is 1.73 bits per heavy atom. The van der Waals surface area contributed by atoms with E-state index in [0.29, 0.717) is 0 Å². The van der Waals surface area contributed by atoms with Crippen LogP contribution < -0.4 is 4.57 Å². The molecule has 0 saturated heterocycles. The van der Waals surface area contributed by atoms with Crippen LogP contribution in [0.3, 0.4) is 0 Å². The van der Waals surface area contributed by atoms with Gasteiger partial charge in [-0.3, -0.25) is 8.74 Å². The van der Waals surface area contributed by atoms with Crippen LogP contribution in [0.15, 0.2) is 48.5 Å². The molecule has 116 valence electrons. The predicted molar refractivity (Wildman–Crippen MR) is 86.2 cm³/mol. The van der Waals surface area contributed by atoms with Crippen LogP contribution in [0, 0.1) is 0 Å². The van der Waals surface area contributed by atoms with E-state index in [1.54, 1.807) is 0 Å². The summed E-state index contributed by atoms with van der Waals surface area (Å²) >= 11 is 6.43. The van der Waals surface area contributed by atoms with Gasteiger partial charge in [0.2, 0.25) is 11.0 Å². The smallest absolute Gasteiger partial charge is 0.264 e. The molecular formula is C15H15ClNO4S+. The van der Waals surface area contributed by atoms with Gasteiger partial charge in [0, 0.05) is 12.1 Å². The number of benzene rings is 2. The van der Waals surface area contributed by atoms with Gasteiger partial charge >= 0.3 is 10.4 Å². The number of fused-ring (bicyclic) bond motifs is 2. The fourth-order valence-electron chi connectivity index (χ4n) is 2.18. The van der Waals surface area contributed by atoms with Crippen LogP contribution in [-0.4, -0.2) is 20.1 Å². The summed E-state index contributed by atoms with van der Waals surface area (Å²) in [6.07, 6.45) is 0. The van der Waals surface area contributed by atoms with E-state index >= 15 is 0 Å². The van der Waals surface area contributed by atoms with Crippen LogP contribution in [0.5, 0.6) is 0 Å². The van der Waals surface area contributed by atoms with Crippen LogP contribution in [-0.2, 0) is 21.6 Å². The van der Waals surface area contributed by atoms with E-state index in [1.807, 2.05) is 24.3 Å². The quantitative estimate of drug-likeness (QED) is 0.420. The molecule has 0 spiro atoms. The van der Waals surface area contributed by atoms with Gasteiger partial charge in [-0.15, -0.1) is 0 Å². The number of para-hydroxylation sites is 2. The maximum atomic E-state index is 9.33. The third-order valence-electron chi connectivity index (χ3n) is 3.21. The van der Waals surface area contributed by atoms with Gasteiger partial charge in [0.15, 0.2) is 0 Å². The van der Waals surface area contributed by atoms with Crippen molar-refractivity contribution >= 4 is 43.8 Å². The fourth-order valence-corrected chi connectivity index (χ4v) is 2.50. The molecule has 0 bridgehead atoms. The van der Waals surface area contributed by atoms with Gasteiger partial charge in [0.1, 0.15) is 7.05 Å². The first-order chi connectivity index (χ1) is 10.3. The van der Waals surface area contributed by atoms with E-state index in [2.05, 4.69) is 40.1 Å². The number of hydrogen-bond donors (Lipinski definition) is 1. The largest absolute Gasteiger partial charge is 0.397 e. The van der Waals surface area contributed by atoms with Gasteiger partial charge in [-0.2, -0.15) is 13.0 Å². The first-order valence-electron chi connectivity index (χ1n) is 6.33. The van der Waals surface area contributed by atoms with Crippen LogP contribution >= 0.6 is 11.6 Å². The molecule has 0 aliphatic rings. The summed E-state index contributed by atoms with van der Waals surface area (Å²) in [5.41, 5.74) is 2.32. The summed E-state index contributed by atoms with van der Waals surface area (Å²) in [6.45, 7) is 0. The maximum Gasteiger partial charge on any atom is 0.397 e. The van der Waals surface area contributed by atoms with Crippen LogP contribution in [0.4, 0.5) is 0 Å². The minimum absolute atomic E-state index is 0.837. The van der Waals surface area contributed by atoms with Crippen molar-refractivity contribution in [2.45, 2.75) is 0 Å². The van der Waals surface area contributed by atoms with E-state index in [9.17, 15) is 8.42 Å². The molecule has 0 saturated carbocycles. The third kappa shape index (κ3) is 3.53. The molecule has 0 aliphatic heterocycles. The van der Waals surface area contributed by atoms with Crippen molar-refractivity contribution < 1.29 is 21.7 Å². The highest BCUT2D eigenvalue weighted by atomic mass is 35.5. The first-order valence-corrected chi connectivity index (χ1v) is 8.07. The van der Waals surface area contributed by atoms with E-state index in [0.717, 1.165) is 33.9 Å². The highest BCUT2D eigenvalue weighted by Crippen LogP contribution is 2.28. The summed E-state index contributed by atoms with van der Waals surface area (Å²) in [6, 6.07) is 16.4. The molecule has 0 unspecified atom stereocenters. The number of pyridine rings is 1. The lowest BCUT2D eigenvalue weighted by Gasteiger charge is -2.04. The molecular weight excluding hydrogens is 326 g/mol. The molecule has 5 nitrogen and oxygen atoms in total. The zero-order chi connectivity index (χ0) is 16.3. The Bertz CT molecular complexity index is 808. The first kappa shape index (κ1) is 16.6. The van der Waals surface area contributed by atoms with Crippen molar-refractivity contribution in [1.29, 1.82) is 0 Å². The average molecular weight is 341 g/mol. The predicted octanol–water partition coefficient (Wildman–Crippen LogP) is 2.91. The van der Waals surface area contributed by atoms with Gasteiger partial charge in [-0.05, 0) is 12.1 Å². The Labute approximate surface area is 133 Å². The third-order valence-corrected chi connectivity index (χ3v) is 4.04. The van der Waals surface area contributed by atoms with Crippen molar-refractivity contribution in [3.63, 3.8) is 0 Å². The monoisotopic (exact) mass is 340 g/mol. The number of nitrogens with zero attached hydrogens (tertiary/aromatic N) is 1. The van der Waals surface area contributed by atoms with Gasteiger partial charge in [-0.1, -0.05) is 35.9 Å². The lowest BCUT2D eigenvalue weighted by molar-refractivity contribution is -0.617. The zero-order valence-electron chi connectivity index (χ0n) is 12.0. The second-order valence-electron chi connectivity index (χ2n) is 4.50. The maximum absolute atomic E-state index is 9.33. The van der Waals surface area contributed by atoms with Gasteiger partial charge in [0.05, 0.1) is 22.9 Å². The van der Waals surface area contributed by atoms with E-state index in [1.165, 1.54) is 0 Å². The van der Waals surface area contributed by atoms with Crippen LogP contribution in [0.25, 0.3) is 21.8 Å². The Morgan fingerprint density at radius 1 is 1.00 bits per heavy atom. The minimum atomic E-state index is -4.16. The Hall–Kier alpha value is -1.73. The number of aromatic nitrogens is 1. The molecule has 0 fully saturated rings. The Kier molecular flexibility index (Phi) is 4.97. The second kappa shape index (κ2) is 6.58. The topological polar surface area (TPSA) is 67.5 Å². The number of hydrogen-bond acceptors (Lipinski definition) is 3. The second-order valence-corrected chi connectivity index (χ2v) is 6.07. The molecule has 3 aromatic rings. The fraction of sp³-hybridized carbons (Fsp3) is 0.133. The molecule has 0 amide bonds. The van der Waals surface area contributed by atoms with Crippen molar-refractivity contribution in [3.05, 3.63) is 53.6 Å². The van der Waals surface area contributed by atoms with E-state index in [-0.39, 0.29) is 0 Å². The summed E-state index contributed by atoms with van der Waals surface area (Å²) in [5.74, 6) is 0. The van der Waals surface area contributed by atoms with Crippen molar-refractivity contribution in [2.75, 3.05) is 7.11 Å². The molecule has 7 heteroatoms. The molecule has 1 aromatic heterocycles. The highest BCUT2D eigenvalue weighted by Gasteiger charge is 2.14. The Morgan fingerprint density at radius 2 is 1.36 bits per heavy atom. The number of halogens is 1. The van der Waals surface area contributed by atoms with Crippen molar-refractivity contribution in [2.24, 2.45) is 7.05 Å². The van der Waals surface area contributed by atoms with Crippen LogP contribution in [0.1, 0.15) is 0 Å². The highest BCUT2D eigenvalue weighted by molar-refractivity contribution is 7.80. The lowest BCUT2D eigenvalue weighted by Crippen LogP contribution is -2.30. The normalized spacial score (nSPS) is 11.3. The molecule has 0 radical (unpaired) electrons. The van der Waals surface area contributed by atoms with E-state index in [4.69, 9.17) is 16.2 Å². The summed E-state index contributed by atoms with van der Waals surface area (Å²) < 4.78 is 31.9. The number of rotatable bonds is 1. The SMILES string of the molecule is COS(=O)(=O)O.C[n+]1c2ccccc2c(Cl)c2ccccc21. The van der Waals surface area contributed by atoms with Crippen LogP contribution in [0.2, 0.25) is 5.02 Å². The molecule has 2 aromatic carbocycles. The molecule has 3 rings (SSSR count). The minimum Gasteiger partial charge on any atom is -0.264 e. The molecule has 1 N–H and O–H groups in total. The van der Waals surface area contributed by atoms with E-state index < -0.39 is 10.4 Å². The molecule has 0 atom stereocenters. The summed E-state index contributed by atoms with van der Waals surface area (Å²) in [5, 5.41) is 3.04. The van der Waals surface area contributed by atoms with Crippen molar-refractivity contribution in [1.82, 2.24) is 0 Å². The van der Waals surface area contributed by atoms with Crippen molar-refractivity contribution in [3.8, 4) is 0 Å². The van der Waals surface area contributed by atoms with Gasteiger partial charge in [0.25, 0.3) is 0 Å². The molecule has 22 heavy (non-hydrogen) atoms. The Balaban J connectivity index is 0.000000254. The molecule has 1 heterocycles. The summed E-state index contributed by atoms with van der Waals surface area (Å²) in [4.78, 5) is 0. The van der Waals surface area contributed by atoms with Gasteiger partial charge in [-0.25, -0.2) is 0 Å². The number of aryl methyl sites for hydroxylation is 1. The summed E-state index contributed by atoms with van der Waals surface area (Å²) in [7, 11) is -1.22. The zero-order valence-corrected chi connectivity index (χ0v) is 13.6. The standard InChI is InChI=1S/C14H11ClN.CH4O4S/c1-16-12-8-4-2-6-10(12)14(15)11-7-3-5-9-13(11)16;1-5-6(2,3)4/h2-9H,1H3;1H3,(H,2,3,4)/q+1;.